The summed E-state index contributed by atoms with van der Waals surface area (Å²) in [6, 6.07) is 5.47. The van der Waals surface area contributed by atoms with Gasteiger partial charge in [-0.25, -0.2) is 9.97 Å². The smallest absolute Gasteiger partial charge is 0.220 e. The molecule has 1 aliphatic carbocycles. The van der Waals surface area contributed by atoms with Gasteiger partial charge < -0.3 is 20.9 Å². The van der Waals surface area contributed by atoms with Crippen LogP contribution in [0.25, 0.3) is 11.3 Å². The van der Waals surface area contributed by atoms with E-state index in [4.69, 9.17) is 10.5 Å². The summed E-state index contributed by atoms with van der Waals surface area (Å²) in [7, 11) is 1.66. The van der Waals surface area contributed by atoms with E-state index in [-0.39, 0.29) is 11.7 Å². The van der Waals surface area contributed by atoms with Crippen molar-refractivity contribution in [2.24, 2.45) is 0 Å². The number of ether oxygens (including phenoxy) is 1. The van der Waals surface area contributed by atoms with Gasteiger partial charge in [0.1, 0.15) is 11.5 Å². The number of nitrogens with one attached hydrogen (secondary N) is 1. The number of aromatic hydroxyl groups is 1. The first-order valence-electron chi connectivity index (χ1n) is 8.92. The normalized spacial score (nSPS) is 20.4. The fraction of sp³-hybridized carbons (Fsp3) is 0.474. The molecular formula is C19H24N4O2. The van der Waals surface area contributed by atoms with E-state index in [1.807, 2.05) is 12.1 Å². The van der Waals surface area contributed by atoms with Crippen LogP contribution in [-0.2, 0) is 0 Å². The summed E-state index contributed by atoms with van der Waals surface area (Å²) in [5.41, 5.74) is 9.41. The molecule has 0 amide bonds. The molecule has 1 aliphatic heterocycles. The van der Waals surface area contributed by atoms with Gasteiger partial charge >= 0.3 is 0 Å². The lowest BCUT2D eigenvalue weighted by molar-refractivity contribution is 0.407. The van der Waals surface area contributed by atoms with Crippen LogP contribution in [0, 0.1) is 0 Å². The van der Waals surface area contributed by atoms with Crippen LogP contribution in [0.3, 0.4) is 0 Å². The molecule has 25 heavy (non-hydrogen) atoms. The Hall–Kier alpha value is -2.34. The van der Waals surface area contributed by atoms with Crippen LogP contribution in [0.15, 0.2) is 18.2 Å². The first-order chi connectivity index (χ1) is 12.2. The van der Waals surface area contributed by atoms with E-state index >= 15 is 0 Å². The summed E-state index contributed by atoms with van der Waals surface area (Å²) in [5.74, 6) is 2.01. The third-order valence-electron chi connectivity index (χ3n) is 5.12. The molecule has 1 aromatic heterocycles. The molecule has 2 aromatic rings. The minimum absolute atomic E-state index is 0.216. The summed E-state index contributed by atoms with van der Waals surface area (Å²) < 4.78 is 5.54. The molecule has 2 heterocycles. The fourth-order valence-corrected chi connectivity index (χ4v) is 3.74. The van der Waals surface area contributed by atoms with Gasteiger partial charge in [0.25, 0.3) is 0 Å². The molecule has 4 N–H and O–H groups in total. The molecule has 2 fully saturated rings. The Morgan fingerprint density at radius 3 is 2.72 bits per heavy atom. The van der Waals surface area contributed by atoms with E-state index in [0.29, 0.717) is 17.5 Å². The molecule has 0 bridgehead atoms. The van der Waals surface area contributed by atoms with E-state index in [2.05, 4.69) is 15.3 Å². The van der Waals surface area contributed by atoms with Gasteiger partial charge in [-0.3, -0.25) is 0 Å². The van der Waals surface area contributed by atoms with Crippen molar-refractivity contribution < 1.29 is 9.84 Å². The predicted octanol–water partition coefficient (Wildman–Crippen LogP) is 2.78. The van der Waals surface area contributed by atoms with Crippen molar-refractivity contribution in [3.63, 3.8) is 0 Å². The van der Waals surface area contributed by atoms with Gasteiger partial charge in [-0.1, -0.05) is 0 Å². The van der Waals surface area contributed by atoms with Gasteiger partial charge in [-0.05, 0) is 56.3 Å². The Kier molecular flexibility index (Phi) is 4.21. The van der Waals surface area contributed by atoms with E-state index in [1.165, 1.54) is 0 Å². The molecule has 1 saturated heterocycles. The van der Waals surface area contributed by atoms with Crippen LogP contribution in [0.1, 0.15) is 48.8 Å². The molecular weight excluding hydrogens is 316 g/mol. The highest BCUT2D eigenvalue weighted by molar-refractivity contribution is 5.76. The van der Waals surface area contributed by atoms with Gasteiger partial charge in [0.2, 0.25) is 5.95 Å². The number of anilines is 1. The van der Waals surface area contributed by atoms with E-state index in [9.17, 15) is 5.11 Å². The zero-order valence-electron chi connectivity index (χ0n) is 14.5. The number of phenolic OH excluding ortho intramolecular Hbond substituents is 1. The molecule has 132 valence electrons. The number of hydrogen-bond donors (Lipinski definition) is 3. The van der Waals surface area contributed by atoms with Crippen molar-refractivity contribution in [2.45, 2.75) is 37.5 Å². The van der Waals surface area contributed by atoms with E-state index in [0.717, 1.165) is 61.3 Å². The number of hydrogen-bond acceptors (Lipinski definition) is 6. The fourth-order valence-electron chi connectivity index (χ4n) is 3.74. The number of nitrogen functional groups attached to an aromatic ring is 1. The van der Waals surface area contributed by atoms with Crippen LogP contribution < -0.4 is 15.8 Å². The van der Waals surface area contributed by atoms with Gasteiger partial charge in [0.15, 0.2) is 0 Å². The molecule has 6 nitrogen and oxygen atoms in total. The monoisotopic (exact) mass is 340 g/mol. The Labute approximate surface area is 147 Å². The number of piperidine rings is 1. The summed E-state index contributed by atoms with van der Waals surface area (Å²) in [5, 5.41) is 14.0. The largest absolute Gasteiger partial charge is 0.507 e. The van der Waals surface area contributed by atoms with Gasteiger partial charge in [-0.15, -0.1) is 0 Å². The zero-order valence-corrected chi connectivity index (χ0v) is 14.5. The predicted molar refractivity (Wildman–Crippen MR) is 96.9 cm³/mol. The second-order valence-electron chi connectivity index (χ2n) is 6.93. The lowest BCUT2D eigenvalue weighted by atomic mass is 9.93. The summed E-state index contributed by atoms with van der Waals surface area (Å²) in [6.45, 7) is 1.95. The van der Waals surface area contributed by atoms with Crippen molar-refractivity contribution in [2.75, 3.05) is 25.9 Å². The maximum absolute atomic E-state index is 10.6. The standard InChI is InChI=1S/C19H24N4O2/c1-25-16-7-6-15(24)18(17(16)11-4-5-11)14-9-13(22-19(20)23-14)12-3-2-8-21-10-12/h6-7,9,11-12,21,24H,2-5,8,10H2,1H3,(H2,20,22,23). The molecule has 0 radical (unpaired) electrons. The molecule has 1 unspecified atom stereocenters. The third kappa shape index (κ3) is 3.14. The van der Waals surface area contributed by atoms with Gasteiger partial charge in [0, 0.05) is 23.6 Å². The third-order valence-corrected chi connectivity index (χ3v) is 5.12. The Balaban J connectivity index is 1.83. The highest BCUT2D eigenvalue weighted by Crippen LogP contribution is 2.51. The van der Waals surface area contributed by atoms with Crippen LogP contribution in [0.5, 0.6) is 11.5 Å². The molecule has 1 saturated carbocycles. The second kappa shape index (κ2) is 6.52. The quantitative estimate of drug-likeness (QED) is 0.792. The summed E-state index contributed by atoms with van der Waals surface area (Å²) >= 11 is 0. The number of nitrogens with two attached hydrogens (primary N) is 1. The SMILES string of the molecule is COc1ccc(O)c(-c2cc(C3CCCNC3)nc(N)n2)c1C1CC1. The minimum atomic E-state index is 0.216. The minimum Gasteiger partial charge on any atom is -0.507 e. The first kappa shape index (κ1) is 16.1. The topological polar surface area (TPSA) is 93.3 Å². The lowest BCUT2D eigenvalue weighted by Gasteiger charge is -2.23. The van der Waals surface area contributed by atoms with Crippen molar-refractivity contribution in [3.8, 4) is 22.8 Å². The van der Waals surface area contributed by atoms with Crippen molar-refractivity contribution in [3.05, 3.63) is 29.5 Å². The highest BCUT2D eigenvalue weighted by atomic mass is 16.5. The number of nitrogens with zero attached hydrogens (tertiary/aromatic N) is 2. The number of rotatable bonds is 4. The van der Waals surface area contributed by atoms with E-state index in [1.54, 1.807) is 13.2 Å². The first-order valence-corrected chi connectivity index (χ1v) is 8.92. The van der Waals surface area contributed by atoms with Gasteiger partial charge in [-0.2, -0.15) is 0 Å². The molecule has 6 heteroatoms. The zero-order chi connectivity index (χ0) is 17.4. The average Bonchev–Trinajstić information content (AvgIpc) is 3.46. The maximum atomic E-state index is 10.6. The second-order valence-corrected chi connectivity index (χ2v) is 6.93. The number of aromatic nitrogens is 2. The van der Waals surface area contributed by atoms with Crippen LogP contribution >= 0.6 is 0 Å². The number of benzene rings is 1. The highest BCUT2D eigenvalue weighted by Gasteiger charge is 2.32. The average molecular weight is 340 g/mol. The molecule has 4 rings (SSSR count). The van der Waals surface area contributed by atoms with Crippen LogP contribution in [0.2, 0.25) is 0 Å². The Bertz CT molecular complexity index is 783. The van der Waals surface area contributed by atoms with Crippen molar-refractivity contribution >= 4 is 5.95 Å². The van der Waals surface area contributed by atoms with Crippen molar-refractivity contribution in [1.82, 2.24) is 15.3 Å². The van der Waals surface area contributed by atoms with Gasteiger partial charge in [0.05, 0.1) is 18.5 Å². The van der Waals surface area contributed by atoms with Crippen LogP contribution in [0.4, 0.5) is 5.95 Å². The summed E-state index contributed by atoms with van der Waals surface area (Å²) in [6.07, 6.45) is 4.42. The molecule has 1 atom stereocenters. The molecule has 1 aromatic carbocycles. The maximum Gasteiger partial charge on any atom is 0.220 e. The Morgan fingerprint density at radius 2 is 2.04 bits per heavy atom. The lowest BCUT2D eigenvalue weighted by Crippen LogP contribution is -2.29. The summed E-state index contributed by atoms with van der Waals surface area (Å²) in [4.78, 5) is 8.90. The van der Waals surface area contributed by atoms with E-state index < -0.39 is 0 Å². The van der Waals surface area contributed by atoms with Crippen LogP contribution in [-0.4, -0.2) is 35.3 Å². The number of phenols is 1. The number of methoxy groups -OCH3 is 1. The molecule has 0 spiro atoms. The van der Waals surface area contributed by atoms with Crippen molar-refractivity contribution in [1.29, 1.82) is 0 Å². The Morgan fingerprint density at radius 1 is 1.20 bits per heavy atom. The molecule has 2 aliphatic rings.